The Morgan fingerprint density at radius 3 is 2.89 bits per heavy atom. The van der Waals surface area contributed by atoms with Crippen molar-refractivity contribution in [1.29, 1.82) is 0 Å². The molecule has 2 rings (SSSR count). The van der Waals surface area contributed by atoms with Crippen molar-refractivity contribution in [2.24, 2.45) is 4.99 Å². The minimum atomic E-state index is -0.644. The summed E-state index contributed by atoms with van der Waals surface area (Å²) in [4.78, 5) is 19.3. The number of nitro groups is 1. The molecule has 0 N–H and O–H groups in total. The van der Waals surface area contributed by atoms with Crippen LogP contribution in [0.2, 0.25) is 0 Å². The maximum absolute atomic E-state index is 10.4. The van der Waals surface area contributed by atoms with Gasteiger partial charge in [0.15, 0.2) is 5.76 Å². The van der Waals surface area contributed by atoms with Crippen LogP contribution in [-0.2, 0) is 0 Å². The molecule has 0 amide bonds. The van der Waals surface area contributed by atoms with Crippen molar-refractivity contribution in [2.75, 3.05) is 14.1 Å². The Bertz CT molecular complexity index is 585. The van der Waals surface area contributed by atoms with Crippen molar-refractivity contribution < 1.29 is 13.9 Å². The second kappa shape index (κ2) is 4.65. The highest BCUT2D eigenvalue weighted by atomic mass is 16.6. The first kappa shape index (κ1) is 11.8. The van der Waals surface area contributed by atoms with E-state index in [-0.39, 0.29) is 23.5 Å². The Kier molecular flexibility index (Phi) is 3.04. The SMILES string of the molecule is CN(C)/C=N/c1nc(-c2ccc([N+](=O)[O-])o2)no1. The second-order valence-corrected chi connectivity index (χ2v) is 3.50. The lowest BCUT2D eigenvalue weighted by Gasteiger charge is -1.99. The van der Waals surface area contributed by atoms with Gasteiger partial charge in [0, 0.05) is 14.1 Å². The summed E-state index contributed by atoms with van der Waals surface area (Å²) in [6.07, 6.45) is 1.49. The van der Waals surface area contributed by atoms with Crippen molar-refractivity contribution in [3.63, 3.8) is 0 Å². The van der Waals surface area contributed by atoms with E-state index >= 15 is 0 Å². The van der Waals surface area contributed by atoms with Crippen LogP contribution >= 0.6 is 0 Å². The van der Waals surface area contributed by atoms with Crippen LogP contribution in [0, 0.1) is 10.1 Å². The topological polar surface area (TPSA) is 111 Å². The van der Waals surface area contributed by atoms with Crippen molar-refractivity contribution >= 4 is 18.2 Å². The van der Waals surface area contributed by atoms with Gasteiger partial charge < -0.3 is 13.8 Å². The average Bonchev–Trinajstić information content (AvgIpc) is 2.95. The van der Waals surface area contributed by atoms with Crippen LogP contribution in [0.3, 0.4) is 0 Å². The van der Waals surface area contributed by atoms with Gasteiger partial charge in [-0.1, -0.05) is 5.16 Å². The summed E-state index contributed by atoms with van der Waals surface area (Å²) in [5.41, 5.74) is 0. The number of hydrogen-bond acceptors (Lipinski definition) is 7. The van der Waals surface area contributed by atoms with Crippen molar-refractivity contribution in [1.82, 2.24) is 15.0 Å². The maximum Gasteiger partial charge on any atom is 0.433 e. The molecule has 9 nitrogen and oxygen atoms in total. The molecule has 0 unspecified atom stereocenters. The molecule has 0 aliphatic carbocycles. The van der Waals surface area contributed by atoms with E-state index in [1.807, 2.05) is 0 Å². The molecule has 2 aromatic heterocycles. The highest BCUT2D eigenvalue weighted by Crippen LogP contribution is 2.24. The monoisotopic (exact) mass is 251 g/mol. The zero-order chi connectivity index (χ0) is 13.1. The standard InChI is InChI=1S/C9H9N5O4/c1-13(2)5-10-9-11-8(12-18-9)6-3-4-7(17-6)14(15)16/h3-5H,1-2H3/b10-5+. The van der Waals surface area contributed by atoms with Crippen LogP contribution < -0.4 is 0 Å². The molecule has 94 valence electrons. The lowest BCUT2D eigenvalue weighted by Crippen LogP contribution is -2.06. The molecular formula is C9H9N5O4. The van der Waals surface area contributed by atoms with Gasteiger partial charge in [-0.2, -0.15) is 9.98 Å². The summed E-state index contributed by atoms with van der Waals surface area (Å²) in [6.45, 7) is 0. The molecule has 2 aromatic rings. The molecule has 0 aromatic carbocycles. The van der Waals surface area contributed by atoms with Gasteiger partial charge in [-0.15, -0.1) is 0 Å². The molecule has 0 aliphatic heterocycles. The average molecular weight is 251 g/mol. The first-order chi connectivity index (χ1) is 8.56. The lowest BCUT2D eigenvalue weighted by atomic mass is 10.4. The van der Waals surface area contributed by atoms with E-state index in [9.17, 15) is 10.1 Å². The van der Waals surface area contributed by atoms with Gasteiger partial charge in [-0.3, -0.25) is 10.1 Å². The van der Waals surface area contributed by atoms with E-state index in [4.69, 9.17) is 8.94 Å². The van der Waals surface area contributed by atoms with Crippen LogP contribution in [0.15, 0.2) is 26.1 Å². The van der Waals surface area contributed by atoms with Gasteiger partial charge in [-0.25, -0.2) is 0 Å². The van der Waals surface area contributed by atoms with E-state index in [0.29, 0.717) is 0 Å². The number of furan rings is 1. The summed E-state index contributed by atoms with van der Waals surface area (Å²) in [5, 5.41) is 14.0. The quantitative estimate of drug-likeness (QED) is 0.350. The fraction of sp³-hybridized carbons (Fsp3) is 0.222. The van der Waals surface area contributed by atoms with E-state index in [1.165, 1.54) is 18.5 Å². The highest BCUT2D eigenvalue weighted by Gasteiger charge is 2.17. The Morgan fingerprint density at radius 2 is 2.28 bits per heavy atom. The predicted octanol–water partition coefficient (Wildman–Crippen LogP) is 1.46. The predicted molar refractivity (Wildman–Crippen MR) is 60.5 cm³/mol. The van der Waals surface area contributed by atoms with Crippen LogP contribution in [0.4, 0.5) is 11.9 Å². The van der Waals surface area contributed by atoms with E-state index in [0.717, 1.165) is 0 Å². The van der Waals surface area contributed by atoms with Crippen LogP contribution in [0.1, 0.15) is 0 Å². The molecule has 0 fully saturated rings. The third-order valence-electron chi connectivity index (χ3n) is 1.81. The summed E-state index contributed by atoms with van der Waals surface area (Å²) >= 11 is 0. The molecule has 9 heteroatoms. The maximum atomic E-state index is 10.4. The lowest BCUT2D eigenvalue weighted by molar-refractivity contribution is -0.401. The normalized spacial score (nSPS) is 11.0. The Labute approximate surface area is 101 Å². The van der Waals surface area contributed by atoms with Gasteiger partial charge in [0.2, 0.25) is 5.82 Å². The Balaban J connectivity index is 2.21. The number of aliphatic imine (C=N–C) groups is 1. The van der Waals surface area contributed by atoms with Gasteiger partial charge in [0.25, 0.3) is 0 Å². The van der Waals surface area contributed by atoms with Gasteiger partial charge in [0.1, 0.15) is 4.92 Å². The fourth-order valence-corrected chi connectivity index (χ4v) is 1.08. The zero-order valence-corrected chi connectivity index (χ0v) is 9.60. The Morgan fingerprint density at radius 1 is 1.50 bits per heavy atom. The number of nitrogens with zero attached hydrogens (tertiary/aromatic N) is 5. The molecule has 2 heterocycles. The zero-order valence-electron chi connectivity index (χ0n) is 9.60. The van der Waals surface area contributed by atoms with Crippen molar-refractivity contribution in [3.8, 4) is 11.6 Å². The fourth-order valence-electron chi connectivity index (χ4n) is 1.08. The van der Waals surface area contributed by atoms with Crippen LogP contribution in [0.5, 0.6) is 0 Å². The smallest absolute Gasteiger partial charge is 0.397 e. The van der Waals surface area contributed by atoms with E-state index in [1.54, 1.807) is 19.0 Å². The minimum absolute atomic E-state index is 0.0396. The first-order valence-electron chi connectivity index (χ1n) is 4.85. The van der Waals surface area contributed by atoms with Crippen LogP contribution in [-0.4, -0.2) is 40.4 Å². The molecule has 0 radical (unpaired) electrons. The summed E-state index contributed by atoms with van der Waals surface area (Å²) < 4.78 is 9.75. The van der Waals surface area contributed by atoms with Gasteiger partial charge >= 0.3 is 11.9 Å². The second-order valence-electron chi connectivity index (χ2n) is 3.50. The minimum Gasteiger partial charge on any atom is -0.397 e. The molecule has 0 saturated carbocycles. The summed E-state index contributed by atoms with van der Waals surface area (Å²) in [5.74, 6) is -0.126. The number of rotatable bonds is 4. The summed E-state index contributed by atoms with van der Waals surface area (Å²) in [7, 11) is 3.58. The third-order valence-corrected chi connectivity index (χ3v) is 1.81. The van der Waals surface area contributed by atoms with Crippen molar-refractivity contribution in [2.45, 2.75) is 0 Å². The van der Waals surface area contributed by atoms with Gasteiger partial charge in [0.05, 0.1) is 12.4 Å². The third kappa shape index (κ3) is 2.51. The summed E-state index contributed by atoms with van der Waals surface area (Å²) in [6, 6.07) is 2.65. The van der Waals surface area contributed by atoms with Crippen molar-refractivity contribution in [3.05, 3.63) is 22.2 Å². The molecule has 0 aliphatic rings. The highest BCUT2D eigenvalue weighted by molar-refractivity contribution is 5.58. The van der Waals surface area contributed by atoms with Crippen LogP contribution in [0.25, 0.3) is 11.6 Å². The van der Waals surface area contributed by atoms with Gasteiger partial charge in [-0.05, 0) is 6.07 Å². The molecular weight excluding hydrogens is 242 g/mol. The molecule has 18 heavy (non-hydrogen) atoms. The number of aromatic nitrogens is 2. The van der Waals surface area contributed by atoms with E-state index < -0.39 is 4.92 Å². The molecule has 0 saturated heterocycles. The first-order valence-corrected chi connectivity index (χ1v) is 4.85. The molecule has 0 atom stereocenters. The van der Waals surface area contributed by atoms with E-state index in [2.05, 4.69) is 15.1 Å². The molecule has 0 bridgehead atoms. The largest absolute Gasteiger partial charge is 0.433 e. The molecule has 0 spiro atoms. The number of hydrogen-bond donors (Lipinski definition) is 0. The Hall–Kier alpha value is -2.71.